The van der Waals surface area contributed by atoms with Crippen LogP contribution in [0.5, 0.6) is 0 Å². The molecule has 0 amide bonds. The molecule has 4 nitrogen and oxygen atoms in total. The van der Waals surface area contributed by atoms with Gasteiger partial charge in [-0.1, -0.05) is 0 Å². The molecule has 1 saturated heterocycles. The number of ketones is 1. The van der Waals surface area contributed by atoms with Crippen molar-refractivity contribution in [1.29, 1.82) is 0 Å². The van der Waals surface area contributed by atoms with Gasteiger partial charge in [-0.25, -0.2) is 0 Å². The van der Waals surface area contributed by atoms with E-state index in [9.17, 15) is 9.59 Å². The van der Waals surface area contributed by atoms with Crippen LogP contribution >= 0.6 is 0 Å². The molecule has 1 aliphatic heterocycles. The number of hydrogen-bond acceptors (Lipinski definition) is 4. The van der Waals surface area contributed by atoms with Crippen molar-refractivity contribution in [3.8, 4) is 0 Å². The first kappa shape index (κ1) is 10.2. The summed E-state index contributed by atoms with van der Waals surface area (Å²) in [5.74, 6) is -0.0980. The SMILES string of the molecule is COC(=O)C(C)(C)N1CCC(=O)C1. The summed E-state index contributed by atoms with van der Waals surface area (Å²) >= 11 is 0. The van der Waals surface area contributed by atoms with Gasteiger partial charge in [-0.15, -0.1) is 0 Å². The quantitative estimate of drug-likeness (QED) is 0.577. The number of methoxy groups -OCH3 is 1. The Morgan fingerprint density at radius 3 is 2.54 bits per heavy atom. The lowest BCUT2D eigenvalue weighted by Gasteiger charge is -2.31. The summed E-state index contributed by atoms with van der Waals surface area (Å²) in [6.07, 6.45) is 0.542. The van der Waals surface area contributed by atoms with Crippen LogP contribution in [0.2, 0.25) is 0 Å². The third-order valence-corrected chi connectivity index (χ3v) is 2.50. The van der Waals surface area contributed by atoms with E-state index in [4.69, 9.17) is 0 Å². The van der Waals surface area contributed by atoms with E-state index < -0.39 is 5.54 Å². The molecule has 0 aromatic carbocycles. The molecule has 0 aliphatic carbocycles. The summed E-state index contributed by atoms with van der Waals surface area (Å²) in [6.45, 7) is 4.57. The van der Waals surface area contributed by atoms with E-state index in [2.05, 4.69) is 4.74 Å². The van der Waals surface area contributed by atoms with Gasteiger partial charge in [-0.3, -0.25) is 14.5 Å². The van der Waals surface area contributed by atoms with Crippen molar-refractivity contribution in [3.63, 3.8) is 0 Å². The number of hydrogen-bond donors (Lipinski definition) is 0. The van der Waals surface area contributed by atoms with Crippen molar-refractivity contribution < 1.29 is 14.3 Å². The van der Waals surface area contributed by atoms with Crippen LogP contribution in [-0.4, -0.2) is 42.4 Å². The molecule has 1 fully saturated rings. The second-order valence-electron chi connectivity index (χ2n) is 3.76. The summed E-state index contributed by atoms with van der Waals surface area (Å²) in [6, 6.07) is 0. The molecule has 0 aromatic rings. The first-order valence-electron chi connectivity index (χ1n) is 4.33. The fraction of sp³-hybridized carbons (Fsp3) is 0.778. The van der Waals surface area contributed by atoms with Crippen LogP contribution in [0.3, 0.4) is 0 Å². The van der Waals surface area contributed by atoms with Gasteiger partial charge in [0.15, 0.2) is 0 Å². The van der Waals surface area contributed by atoms with Crippen LogP contribution in [0.25, 0.3) is 0 Å². The molecule has 4 heteroatoms. The van der Waals surface area contributed by atoms with Gasteiger partial charge in [0, 0.05) is 13.0 Å². The Kier molecular flexibility index (Phi) is 2.71. The topological polar surface area (TPSA) is 46.6 Å². The van der Waals surface area contributed by atoms with Crippen molar-refractivity contribution in [2.24, 2.45) is 0 Å². The third kappa shape index (κ3) is 1.88. The Morgan fingerprint density at radius 1 is 1.54 bits per heavy atom. The van der Waals surface area contributed by atoms with Gasteiger partial charge >= 0.3 is 5.97 Å². The zero-order valence-electron chi connectivity index (χ0n) is 8.29. The highest BCUT2D eigenvalue weighted by Gasteiger charge is 2.39. The third-order valence-electron chi connectivity index (χ3n) is 2.50. The minimum Gasteiger partial charge on any atom is -0.468 e. The highest BCUT2D eigenvalue weighted by Crippen LogP contribution is 2.20. The number of ether oxygens (including phenoxy) is 1. The number of Topliss-reactive ketones (excluding diaryl/α,β-unsaturated/α-hetero) is 1. The normalized spacial score (nSPS) is 19.2. The van der Waals surface area contributed by atoms with Gasteiger partial charge in [-0.2, -0.15) is 0 Å². The van der Waals surface area contributed by atoms with E-state index in [1.807, 2.05) is 4.90 Å². The Balaban J connectivity index is 2.69. The zero-order chi connectivity index (χ0) is 10.1. The molecule has 74 valence electrons. The maximum atomic E-state index is 11.4. The van der Waals surface area contributed by atoms with Crippen LogP contribution in [-0.2, 0) is 14.3 Å². The fourth-order valence-corrected chi connectivity index (χ4v) is 1.49. The van der Waals surface area contributed by atoms with Crippen LogP contribution in [0.1, 0.15) is 20.3 Å². The highest BCUT2D eigenvalue weighted by molar-refractivity contribution is 5.85. The molecule has 0 atom stereocenters. The summed E-state index contributed by atoms with van der Waals surface area (Å²) in [5.41, 5.74) is -0.680. The summed E-state index contributed by atoms with van der Waals surface area (Å²) in [7, 11) is 1.36. The number of nitrogens with zero attached hydrogens (tertiary/aromatic N) is 1. The summed E-state index contributed by atoms with van der Waals surface area (Å²) in [5, 5.41) is 0. The van der Waals surface area contributed by atoms with Gasteiger partial charge in [-0.05, 0) is 13.8 Å². The minimum absolute atomic E-state index is 0.192. The molecule has 1 heterocycles. The average molecular weight is 185 g/mol. The van der Waals surface area contributed by atoms with Gasteiger partial charge in [0.2, 0.25) is 0 Å². The molecule has 0 aromatic heterocycles. The second-order valence-corrected chi connectivity index (χ2v) is 3.76. The molecule has 0 radical (unpaired) electrons. The predicted molar refractivity (Wildman–Crippen MR) is 47.3 cm³/mol. The Labute approximate surface area is 77.8 Å². The molecule has 0 bridgehead atoms. The van der Waals surface area contributed by atoms with E-state index >= 15 is 0 Å². The second kappa shape index (κ2) is 3.46. The monoisotopic (exact) mass is 185 g/mol. The van der Waals surface area contributed by atoms with Gasteiger partial charge in [0.25, 0.3) is 0 Å². The molecular formula is C9H15NO3. The minimum atomic E-state index is -0.680. The van der Waals surface area contributed by atoms with E-state index in [1.54, 1.807) is 13.8 Å². The fourth-order valence-electron chi connectivity index (χ4n) is 1.49. The smallest absolute Gasteiger partial charge is 0.325 e. The lowest BCUT2D eigenvalue weighted by atomic mass is 10.0. The zero-order valence-corrected chi connectivity index (χ0v) is 8.29. The number of rotatable bonds is 2. The molecular weight excluding hydrogens is 170 g/mol. The lowest BCUT2D eigenvalue weighted by molar-refractivity contribution is -0.152. The van der Waals surface area contributed by atoms with E-state index in [-0.39, 0.29) is 11.8 Å². The van der Waals surface area contributed by atoms with Crippen molar-refractivity contribution in [2.75, 3.05) is 20.2 Å². The van der Waals surface area contributed by atoms with Gasteiger partial charge in [0.1, 0.15) is 11.3 Å². The Hall–Kier alpha value is -0.900. The molecule has 1 aliphatic rings. The molecule has 1 rings (SSSR count). The summed E-state index contributed by atoms with van der Waals surface area (Å²) < 4.78 is 4.67. The lowest BCUT2D eigenvalue weighted by Crippen LogP contribution is -2.49. The number of carbonyl (C=O) groups is 2. The maximum Gasteiger partial charge on any atom is 0.325 e. The average Bonchev–Trinajstić information content (AvgIpc) is 2.50. The van der Waals surface area contributed by atoms with E-state index in [0.29, 0.717) is 19.5 Å². The highest BCUT2D eigenvalue weighted by atomic mass is 16.5. The first-order chi connectivity index (χ1) is 5.98. The van der Waals surface area contributed by atoms with Gasteiger partial charge in [0.05, 0.1) is 13.7 Å². The molecule has 0 spiro atoms. The van der Waals surface area contributed by atoms with Crippen LogP contribution < -0.4 is 0 Å². The Morgan fingerprint density at radius 2 is 2.15 bits per heavy atom. The van der Waals surface area contributed by atoms with Gasteiger partial charge < -0.3 is 4.74 Å². The molecule has 13 heavy (non-hydrogen) atoms. The number of carbonyl (C=O) groups excluding carboxylic acids is 2. The molecule has 0 saturated carbocycles. The maximum absolute atomic E-state index is 11.4. The largest absolute Gasteiger partial charge is 0.468 e. The van der Waals surface area contributed by atoms with Crippen molar-refractivity contribution in [1.82, 2.24) is 4.90 Å². The summed E-state index contributed by atoms with van der Waals surface area (Å²) in [4.78, 5) is 24.2. The van der Waals surface area contributed by atoms with Crippen molar-refractivity contribution in [3.05, 3.63) is 0 Å². The van der Waals surface area contributed by atoms with E-state index in [0.717, 1.165) is 0 Å². The Bertz CT molecular complexity index is 235. The molecule has 0 N–H and O–H groups in total. The van der Waals surface area contributed by atoms with E-state index in [1.165, 1.54) is 7.11 Å². The standard InChI is InChI=1S/C9H15NO3/c1-9(2,8(12)13-3)10-5-4-7(11)6-10/h4-6H2,1-3H3. The molecule has 0 unspecified atom stereocenters. The van der Waals surface area contributed by atoms with Crippen molar-refractivity contribution >= 4 is 11.8 Å². The van der Waals surface area contributed by atoms with Crippen LogP contribution in [0, 0.1) is 0 Å². The number of likely N-dealkylation sites (tertiary alicyclic amines) is 1. The predicted octanol–water partition coefficient (Wildman–Crippen LogP) is 0.213. The number of esters is 1. The first-order valence-corrected chi connectivity index (χ1v) is 4.33. The van der Waals surface area contributed by atoms with Crippen LogP contribution in [0.15, 0.2) is 0 Å². The van der Waals surface area contributed by atoms with Crippen molar-refractivity contribution in [2.45, 2.75) is 25.8 Å². The van der Waals surface area contributed by atoms with Crippen LogP contribution in [0.4, 0.5) is 0 Å².